The van der Waals surface area contributed by atoms with E-state index in [2.05, 4.69) is 11.4 Å². The highest BCUT2D eigenvalue weighted by Crippen LogP contribution is 2.43. The van der Waals surface area contributed by atoms with Gasteiger partial charge in [-0.1, -0.05) is 48.5 Å². The van der Waals surface area contributed by atoms with Gasteiger partial charge in [-0.15, -0.1) is 11.3 Å². The van der Waals surface area contributed by atoms with Gasteiger partial charge in [0.2, 0.25) is 0 Å². The minimum atomic E-state index is 0.780. The fraction of sp³-hybridized carbons (Fsp3) is 0. The van der Waals surface area contributed by atoms with E-state index in [9.17, 15) is 0 Å². The van der Waals surface area contributed by atoms with Crippen LogP contribution in [0.1, 0.15) is 0 Å². The lowest BCUT2D eigenvalue weighted by Gasteiger charge is -2.15. The molecule has 0 saturated carbocycles. The summed E-state index contributed by atoms with van der Waals surface area (Å²) >= 11 is 1.67. The summed E-state index contributed by atoms with van der Waals surface area (Å²) in [5, 5.41) is 2.06. The van der Waals surface area contributed by atoms with Crippen molar-refractivity contribution in [2.45, 2.75) is 0 Å². The Morgan fingerprint density at radius 1 is 0.520 bits per heavy atom. The van der Waals surface area contributed by atoms with Crippen LogP contribution < -0.4 is 9.47 Å². The highest BCUT2D eigenvalue weighted by Gasteiger charge is 2.15. The van der Waals surface area contributed by atoms with Gasteiger partial charge in [-0.3, -0.25) is 0 Å². The third-order valence-corrected chi connectivity index (χ3v) is 4.58. The van der Waals surface area contributed by atoms with Crippen LogP contribution in [0.25, 0.3) is 10.4 Å². The molecule has 4 rings (SSSR count). The van der Waals surface area contributed by atoms with Crippen molar-refractivity contribution in [3.8, 4) is 33.4 Å². The van der Waals surface area contributed by atoms with Crippen LogP contribution in [0.15, 0.2) is 96.4 Å². The first kappa shape index (κ1) is 15.5. The molecule has 0 spiro atoms. The molecule has 0 fully saturated rings. The Morgan fingerprint density at radius 2 is 1.08 bits per heavy atom. The largest absolute Gasteiger partial charge is 0.457 e. The third kappa shape index (κ3) is 3.57. The number of ether oxygens (including phenoxy) is 2. The van der Waals surface area contributed by atoms with Crippen molar-refractivity contribution in [2.75, 3.05) is 0 Å². The van der Waals surface area contributed by atoms with Gasteiger partial charge in [-0.25, -0.2) is 0 Å². The number of thiophene rings is 1. The van der Waals surface area contributed by atoms with Crippen LogP contribution in [0.5, 0.6) is 23.0 Å². The van der Waals surface area contributed by atoms with Gasteiger partial charge in [0.1, 0.15) is 23.0 Å². The van der Waals surface area contributed by atoms with Crippen LogP contribution in [0.4, 0.5) is 0 Å². The fourth-order valence-electron chi connectivity index (χ4n) is 2.58. The summed E-state index contributed by atoms with van der Waals surface area (Å²) in [5.74, 6) is 3.17. The molecule has 25 heavy (non-hydrogen) atoms. The summed E-state index contributed by atoms with van der Waals surface area (Å²) in [7, 11) is 0. The maximum absolute atomic E-state index is 6.14. The number of para-hydroxylation sites is 2. The zero-order valence-electron chi connectivity index (χ0n) is 13.5. The molecule has 0 N–H and O–H groups in total. The Morgan fingerprint density at radius 3 is 1.56 bits per heavy atom. The molecule has 3 heteroatoms. The van der Waals surface area contributed by atoms with E-state index in [-0.39, 0.29) is 0 Å². The Labute approximate surface area is 150 Å². The zero-order chi connectivity index (χ0) is 16.9. The number of hydrogen-bond acceptors (Lipinski definition) is 3. The minimum absolute atomic E-state index is 0.780. The van der Waals surface area contributed by atoms with Crippen molar-refractivity contribution >= 4 is 11.3 Å². The second-order valence-electron chi connectivity index (χ2n) is 5.44. The van der Waals surface area contributed by atoms with Crippen molar-refractivity contribution in [3.63, 3.8) is 0 Å². The highest BCUT2D eigenvalue weighted by atomic mass is 32.1. The molecule has 1 heterocycles. The summed E-state index contributed by atoms with van der Waals surface area (Å²) in [6.07, 6.45) is 0. The average molecular weight is 344 g/mol. The van der Waals surface area contributed by atoms with Crippen molar-refractivity contribution in [1.82, 2.24) is 0 Å². The van der Waals surface area contributed by atoms with E-state index in [0.717, 1.165) is 33.4 Å². The van der Waals surface area contributed by atoms with Gasteiger partial charge in [0.15, 0.2) is 0 Å². The van der Waals surface area contributed by atoms with E-state index in [0.29, 0.717) is 0 Å². The molecule has 0 bridgehead atoms. The van der Waals surface area contributed by atoms with Crippen LogP contribution in [0, 0.1) is 0 Å². The molecule has 0 atom stereocenters. The van der Waals surface area contributed by atoms with Crippen molar-refractivity contribution in [3.05, 3.63) is 96.4 Å². The average Bonchev–Trinajstić information content (AvgIpc) is 3.18. The number of rotatable bonds is 5. The molecule has 2 nitrogen and oxygen atoms in total. The molecular formula is C22H16O2S. The van der Waals surface area contributed by atoms with Crippen LogP contribution in [0.3, 0.4) is 0 Å². The van der Waals surface area contributed by atoms with Crippen LogP contribution >= 0.6 is 11.3 Å². The lowest BCUT2D eigenvalue weighted by atomic mass is 10.1. The molecule has 0 saturated heterocycles. The lowest BCUT2D eigenvalue weighted by molar-refractivity contribution is 0.464. The minimum Gasteiger partial charge on any atom is -0.457 e. The van der Waals surface area contributed by atoms with Gasteiger partial charge < -0.3 is 9.47 Å². The van der Waals surface area contributed by atoms with Crippen LogP contribution in [-0.2, 0) is 0 Å². The molecule has 1 aromatic heterocycles. The van der Waals surface area contributed by atoms with Gasteiger partial charge in [-0.2, -0.15) is 0 Å². The topological polar surface area (TPSA) is 18.5 Å². The molecule has 0 radical (unpaired) electrons. The van der Waals surface area contributed by atoms with Gasteiger partial charge in [0, 0.05) is 4.88 Å². The van der Waals surface area contributed by atoms with E-state index in [1.54, 1.807) is 11.3 Å². The Hall–Kier alpha value is -3.04. The van der Waals surface area contributed by atoms with Gasteiger partial charge in [-0.05, 0) is 47.8 Å². The predicted octanol–water partition coefficient (Wildman–Crippen LogP) is 7.00. The summed E-state index contributed by atoms with van der Waals surface area (Å²) in [6.45, 7) is 0. The molecule has 4 aromatic rings. The molecule has 0 amide bonds. The Bertz CT molecular complexity index is 873. The lowest BCUT2D eigenvalue weighted by Crippen LogP contribution is -1.92. The molecule has 3 aromatic carbocycles. The number of hydrogen-bond donors (Lipinski definition) is 0. The molecule has 0 unspecified atom stereocenters. The standard InChI is InChI=1S/C22H16O2S/c1-3-9-17(10-4-1)23-19-13-7-14-20(22(19)21-15-8-16-25-21)24-18-11-5-2-6-12-18/h1-16H. The summed E-state index contributed by atoms with van der Waals surface area (Å²) in [5.41, 5.74) is 0.963. The van der Waals surface area contributed by atoms with Gasteiger partial charge in [0.25, 0.3) is 0 Å². The first-order valence-corrected chi connectivity index (χ1v) is 8.91. The first-order chi connectivity index (χ1) is 12.4. The van der Waals surface area contributed by atoms with Crippen LogP contribution in [-0.4, -0.2) is 0 Å². The fourth-order valence-corrected chi connectivity index (χ4v) is 3.36. The van der Waals surface area contributed by atoms with E-state index in [1.807, 2.05) is 84.9 Å². The molecule has 0 aliphatic rings. The third-order valence-electron chi connectivity index (χ3n) is 3.70. The number of benzene rings is 3. The normalized spacial score (nSPS) is 10.4. The van der Waals surface area contributed by atoms with Crippen LogP contribution in [0.2, 0.25) is 0 Å². The maximum atomic E-state index is 6.14. The quantitative estimate of drug-likeness (QED) is 0.388. The van der Waals surface area contributed by atoms with Crippen molar-refractivity contribution in [2.24, 2.45) is 0 Å². The summed E-state index contributed by atoms with van der Waals surface area (Å²) in [6, 6.07) is 29.6. The van der Waals surface area contributed by atoms with E-state index < -0.39 is 0 Å². The second-order valence-corrected chi connectivity index (χ2v) is 6.38. The maximum Gasteiger partial charge on any atom is 0.139 e. The Kier molecular flexibility index (Phi) is 4.49. The van der Waals surface area contributed by atoms with Gasteiger partial charge in [0.05, 0.1) is 5.56 Å². The predicted molar refractivity (Wildman–Crippen MR) is 103 cm³/mol. The second kappa shape index (κ2) is 7.24. The van der Waals surface area contributed by atoms with Crippen molar-refractivity contribution in [1.29, 1.82) is 0 Å². The Balaban J connectivity index is 1.77. The van der Waals surface area contributed by atoms with E-state index >= 15 is 0 Å². The SMILES string of the molecule is c1ccc(Oc2cccc(Oc3ccccc3)c2-c2cccs2)cc1. The highest BCUT2D eigenvalue weighted by molar-refractivity contribution is 7.13. The molecule has 0 aliphatic heterocycles. The molecular weight excluding hydrogens is 328 g/mol. The van der Waals surface area contributed by atoms with E-state index in [1.165, 1.54) is 0 Å². The van der Waals surface area contributed by atoms with E-state index in [4.69, 9.17) is 9.47 Å². The summed E-state index contributed by atoms with van der Waals surface area (Å²) in [4.78, 5) is 1.11. The molecule has 122 valence electrons. The van der Waals surface area contributed by atoms with Gasteiger partial charge >= 0.3 is 0 Å². The van der Waals surface area contributed by atoms with Crippen molar-refractivity contribution < 1.29 is 9.47 Å². The summed E-state index contributed by atoms with van der Waals surface area (Å²) < 4.78 is 12.3. The smallest absolute Gasteiger partial charge is 0.139 e. The molecule has 0 aliphatic carbocycles. The zero-order valence-corrected chi connectivity index (χ0v) is 14.3. The first-order valence-electron chi connectivity index (χ1n) is 8.03. The monoisotopic (exact) mass is 344 g/mol.